The lowest BCUT2D eigenvalue weighted by Gasteiger charge is -2.11. The summed E-state index contributed by atoms with van der Waals surface area (Å²) in [6.07, 6.45) is 3.11. The molecule has 1 aromatic carbocycles. The summed E-state index contributed by atoms with van der Waals surface area (Å²) in [4.78, 5) is 9.17. The van der Waals surface area contributed by atoms with Gasteiger partial charge in [0.1, 0.15) is 11.6 Å². The van der Waals surface area contributed by atoms with Crippen LogP contribution in [0, 0.1) is 19.7 Å². The molecule has 3 nitrogen and oxygen atoms in total. The van der Waals surface area contributed by atoms with Gasteiger partial charge in [0.25, 0.3) is 0 Å². The highest BCUT2D eigenvalue weighted by molar-refractivity contribution is 5.27. The van der Waals surface area contributed by atoms with Crippen LogP contribution in [0.15, 0.2) is 24.3 Å². The first-order valence-electron chi connectivity index (χ1n) is 7.42. The van der Waals surface area contributed by atoms with Gasteiger partial charge in [-0.3, -0.25) is 0 Å². The summed E-state index contributed by atoms with van der Waals surface area (Å²) in [6.45, 7) is 4.88. The van der Waals surface area contributed by atoms with E-state index in [0.29, 0.717) is 12.5 Å². The largest absolute Gasteiger partial charge is 0.310 e. The average molecular weight is 285 g/mol. The van der Waals surface area contributed by atoms with Crippen molar-refractivity contribution >= 4 is 0 Å². The maximum atomic E-state index is 13.2. The molecule has 1 fully saturated rings. The van der Waals surface area contributed by atoms with Crippen molar-refractivity contribution in [1.29, 1.82) is 0 Å². The maximum Gasteiger partial charge on any atom is 0.133 e. The fourth-order valence-corrected chi connectivity index (χ4v) is 2.51. The van der Waals surface area contributed by atoms with Gasteiger partial charge in [0.05, 0.1) is 0 Å². The summed E-state index contributed by atoms with van der Waals surface area (Å²) in [7, 11) is 0. The molecule has 1 saturated carbocycles. The lowest BCUT2D eigenvalue weighted by molar-refractivity contribution is 0.625. The molecular formula is C17H20FN3. The van der Waals surface area contributed by atoms with Gasteiger partial charge in [-0.05, 0) is 44.4 Å². The number of aryl methyl sites for hydroxylation is 2. The smallest absolute Gasteiger partial charge is 0.133 e. The topological polar surface area (TPSA) is 37.8 Å². The number of hydrogen-bond acceptors (Lipinski definition) is 3. The Morgan fingerprint density at radius 2 is 1.90 bits per heavy atom. The minimum Gasteiger partial charge on any atom is -0.310 e. The zero-order valence-electron chi connectivity index (χ0n) is 12.5. The zero-order valence-corrected chi connectivity index (χ0v) is 12.5. The molecule has 4 heteroatoms. The van der Waals surface area contributed by atoms with Gasteiger partial charge in [0, 0.05) is 36.0 Å². The van der Waals surface area contributed by atoms with Crippen LogP contribution in [0.5, 0.6) is 0 Å². The van der Waals surface area contributed by atoms with Crippen LogP contribution in [-0.2, 0) is 13.0 Å². The van der Waals surface area contributed by atoms with E-state index in [1.165, 1.54) is 30.5 Å². The number of benzene rings is 1. The van der Waals surface area contributed by atoms with E-state index >= 15 is 0 Å². The highest BCUT2D eigenvalue weighted by Crippen LogP contribution is 2.20. The average Bonchev–Trinajstić information content (AvgIpc) is 3.22. The van der Waals surface area contributed by atoms with E-state index < -0.39 is 0 Å². The minimum atomic E-state index is -0.216. The molecule has 21 heavy (non-hydrogen) atoms. The van der Waals surface area contributed by atoms with Crippen LogP contribution in [0.25, 0.3) is 0 Å². The Hall–Kier alpha value is -1.81. The third-order valence-electron chi connectivity index (χ3n) is 3.86. The fourth-order valence-electron chi connectivity index (χ4n) is 2.51. The summed E-state index contributed by atoms with van der Waals surface area (Å²) in [5, 5.41) is 3.50. The monoisotopic (exact) mass is 285 g/mol. The number of hydrogen-bond donors (Lipinski definition) is 1. The van der Waals surface area contributed by atoms with Crippen molar-refractivity contribution in [3.05, 3.63) is 58.4 Å². The Bertz CT molecular complexity index is 627. The van der Waals surface area contributed by atoms with Gasteiger partial charge in [0.2, 0.25) is 0 Å². The minimum absolute atomic E-state index is 0.216. The second-order valence-electron chi connectivity index (χ2n) is 5.75. The Kier molecular flexibility index (Phi) is 3.97. The molecule has 0 saturated heterocycles. The van der Waals surface area contributed by atoms with Crippen LogP contribution >= 0.6 is 0 Å². The number of rotatable bonds is 5. The highest BCUT2D eigenvalue weighted by atomic mass is 19.1. The van der Waals surface area contributed by atoms with E-state index in [1.807, 2.05) is 19.9 Å². The molecule has 1 aliphatic rings. The van der Waals surface area contributed by atoms with Crippen LogP contribution < -0.4 is 5.32 Å². The molecule has 3 rings (SSSR count). The van der Waals surface area contributed by atoms with Crippen LogP contribution in [-0.4, -0.2) is 16.0 Å². The molecule has 0 spiro atoms. The van der Waals surface area contributed by atoms with Gasteiger partial charge in [0.15, 0.2) is 0 Å². The van der Waals surface area contributed by atoms with Gasteiger partial charge in [-0.2, -0.15) is 0 Å². The van der Waals surface area contributed by atoms with Crippen molar-refractivity contribution in [1.82, 2.24) is 15.3 Å². The lowest BCUT2D eigenvalue weighted by atomic mass is 10.1. The summed E-state index contributed by atoms with van der Waals surface area (Å²) in [5.74, 6) is 0.539. The molecule has 2 aromatic rings. The Morgan fingerprint density at radius 1 is 1.19 bits per heavy atom. The predicted octanol–water partition coefficient (Wildman–Crippen LogP) is 3.08. The first kappa shape index (κ1) is 14.1. The van der Waals surface area contributed by atoms with Crippen molar-refractivity contribution < 1.29 is 4.39 Å². The summed E-state index contributed by atoms with van der Waals surface area (Å²) < 4.78 is 13.2. The van der Waals surface area contributed by atoms with E-state index in [2.05, 4.69) is 15.3 Å². The molecule has 1 aliphatic carbocycles. The Balaban J connectivity index is 1.77. The van der Waals surface area contributed by atoms with E-state index in [9.17, 15) is 4.39 Å². The van der Waals surface area contributed by atoms with Gasteiger partial charge >= 0.3 is 0 Å². The molecule has 1 N–H and O–H groups in total. The third kappa shape index (κ3) is 3.64. The van der Waals surface area contributed by atoms with Crippen molar-refractivity contribution in [3.8, 4) is 0 Å². The van der Waals surface area contributed by atoms with Gasteiger partial charge in [-0.15, -0.1) is 0 Å². The molecule has 110 valence electrons. The standard InChI is InChI=1S/C17H20FN3/c1-11-16(10-19-15-6-7-15)12(2)21-17(20-11)9-13-4-3-5-14(18)8-13/h3-5,8,15,19H,6-7,9-10H2,1-2H3. The van der Waals surface area contributed by atoms with E-state index in [1.54, 1.807) is 6.07 Å². The van der Waals surface area contributed by atoms with Crippen LogP contribution in [0.1, 0.15) is 41.2 Å². The third-order valence-corrected chi connectivity index (χ3v) is 3.86. The molecule has 0 unspecified atom stereocenters. The van der Waals surface area contributed by atoms with Crippen molar-refractivity contribution in [2.45, 2.75) is 45.7 Å². The number of halogens is 1. The van der Waals surface area contributed by atoms with Crippen LogP contribution in [0.3, 0.4) is 0 Å². The number of aromatic nitrogens is 2. The quantitative estimate of drug-likeness (QED) is 0.917. The molecule has 0 amide bonds. The molecule has 0 atom stereocenters. The normalized spacial score (nSPS) is 14.4. The lowest BCUT2D eigenvalue weighted by Crippen LogP contribution is -2.18. The SMILES string of the molecule is Cc1nc(Cc2cccc(F)c2)nc(C)c1CNC1CC1. The highest BCUT2D eigenvalue weighted by Gasteiger charge is 2.21. The first-order chi connectivity index (χ1) is 10.1. The van der Waals surface area contributed by atoms with Gasteiger partial charge in [-0.1, -0.05) is 12.1 Å². The van der Waals surface area contributed by atoms with E-state index in [0.717, 1.165) is 29.3 Å². The number of nitrogens with one attached hydrogen (secondary N) is 1. The summed E-state index contributed by atoms with van der Waals surface area (Å²) >= 11 is 0. The van der Waals surface area contributed by atoms with Crippen LogP contribution in [0.4, 0.5) is 4.39 Å². The molecule has 1 aromatic heterocycles. The van der Waals surface area contributed by atoms with E-state index in [-0.39, 0.29) is 5.82 Å². The first-order valence-corrected chi connectivity index (χ1v) is 7.42. The Morgan fingerprint density at radius 3 is 2.52 bits per heavy atom. The maximum absolute atomic E-state index is 13.2. The Labute approximate surface area is 124 Å². The predicted molar refractivity (Wildman–Crippen MR) is 80.6 cm³/mol. The molecule has 0 bridgehead atoms. The van der Waals surface area contributed by atoms with Gasteiger partial charge < -0.3 is 5.32 Å². The molecule has 0 radical (unpaired) electrons. The second kappa shape index (κ2) is 5.90. The van der Waals surface area contributed by atoms with Gasteiger partial charge in [-0.25, -0.2) is 14.4 Å². The summed E-state index contributed by atoms with van der Waals surface area (Å²) in [5.41, 5.74) is 4.12. The molecule has 0 aliphatic heterocycles. The summed E-state index contributed by atoms with van der Waals surface area (Å²) in [6, 6.07) is 7.29. The second-order valence-corrected chi connectivity index (χ2v) is 5.75. The molecule has 1 heterocycles. The fraction of sp³-hybridized carbons (Fsp3) is 0.412. The zero-order chi connectivity index (χ0) is 14.8. The van der Waals surface area contributed by atoms with E-state index in [4.69, 9.17) is 0 Å². The van der Waals surface area contributed by atoms with Crippen molar-refractivity contribution in [2.24, 2.45) is 0 Å². The van der Waals surface area contributed by atoms with Crippen LogP contribution in [0.2, 0.25) is 0 Å². The van der Waals surface area contributed by atoms with Crippen molar-refractivity contribution in [2.75, 3.05) is 0 Å². The van der Waals surface area contributed by atoms with Crippen molar-refractivity contribution in [3.63, 3.8) is 0 Å². The molecular weight excluding hydrogens is 265 g/mol. The number of nitrogens with zero attached hydrogens (tertiary/aromatic N) is 2.